The summed E-state index contributed by atoms with van der Waals surface area (Å²) in [5.41, 5.74) is 4.97. The van der Waals surface area contributed by atoms with Crippen LogP contribution in [0.15, 0.2) is 23.2 Å². The van der Waals surface area contributed by atoms with Gasteiger partial charge < -0.3 is 0 Å². The first-order valence-electron chi connectivity index (χ1n) is 4.16. The molecule has 0 saturated carbocycles. The molecule has 1 aromatic rings. The van der Waals surface area contributed by atoms with Crippen LogP contribution >= 0.6 is 0 Å². The van der Waals surface area contributed by atoms with Crippen LogP contribution in [0.4, 0.5) is 0 Å². The molecular weight excluding hydrogens is 146 g/mol. The second kappa shape index (κ2) is 3.53. The van der Waals surface area contributed by atoms with Gasteiger partial charge >= 0.3 is 0 Å². The van der Waals surface area contributed by atoms with Gasteiger partial charge in [0.2, 0.25) is 0 Å². The Labute approximate surface area is 74.2 Å². The van der Waals surface area contributed by atoms with E-state index >= 15 is 0 Å². The molecule has 1 heteroatoms. The number of rotatable bonds is 1. The first-order chi connectivity index (χ1) is 5.65. The van der Waals surface area contributed by atoms with E-state index in [2.05, 4.69) is 37.0 Å². The predicted molar refractivity (Wildman–Crippen MR) is 54.1 cm³/mol. The highest BCUT2D eigenvalue weighted by molar-refractivity contribution is 5.99. The van der Waals surface area contributed by atoms with E-state index in [4.69, 9.17) is 0 Å². The lowest BCUT2D eigenvalue weighted by atomic mass is 10.0. The Morgan fingerprint density at radius 1 is 1.25 bits per heavy atom. The maximum absolute atomic E-state index is 4.17. The van der Waals surface area contributed by atoms with Crippen LogP contribution in [0, 0.1) is 13.8 Å². The van der Waals surface area contributed by atoms with Crippen LogP contribution in [0.1, 0.15) is 23.6 Å². The summed E-state index contributed by atoms with van der Waals surface area (Å²) in [5, 5.41) is 0. The summed E-state index contributed by atoms with van der Waals surface area (Å²) in [6.07, 6.45) is 0. The summed E-state index contributed by atoms with van der Waals surface area (Å²) >= 11 is 0. The molecule has 1 rings (SSSR count). The quantitative estimate of drug-likeness (QED) is 0.561. The molecule has 0 N–H and O–H groups in total. The van der Waals surface area contributed by atoms with Gasteiger partial charge in [0.25, 0.3) is 0 Å². The van der Waals surface area contributed by atoms with Gasteiger partial charge in [0, 0.05) is 12.8 Å². The van der Waals surface area contributed by atoms with Crippen molar-refractivity contribution < 1.29 is 0 Å². The molecule has 0 amide bonds. The lowest BCUT2D eigenvalue weighted by Crippen LogP contribution is -1.97. The first kappa shape index (κ1) is 8.98. The third-order valence-corrected chi connectivity index (χ3v) is 2.11. The number of hydrogen-bond donors (Lipinski definition) is 0. The lowest BCUT2D eigenvalue weighted by Gasteiger charge is -2.05. The van der Waals surface area contributed by atoms with Crippen molar-refractivity contribution in [1.82, 2.24) is 0 Å². The second-order valence-corrected chi connectivity index (χ2v) is 3.13. The van der Waals surface area contributed by atoms with E-state index < -0.39 is 0 Å². The summed E-state index contributed by atoms with van der Waals surface area (Å²) in [6, 6.07) is 6.44. The third kappa shape index (κ3) is 1.73. The van der Waals surface area contributed by atoms with Gasteiger partial charge in [0.05, 0.1) is 0 Å². The molecule has 0 bridgehead atoms. The maximum atomic E-state index is 4.17. The van der Waals surface area contributed by atoms with Crippen LogP contribution in [0.2, 0.25) is 0 Å². The van der Waals surface area contributed by atoms with Gasteiger partial charge in [-0.15, -0.1) is 0 Å². The molecule has 0 heterocycles. The molecule has 0 spiro atoms. The number of nitrogens with zero attached hydrogens (tertiary/aromatic N) is 1. The van der Waals surface area contributed by atoms with Gasteiger partial charge in [0.15, 0.2) is 0 Å². The molecule has 0 atom stereocenters. The molecule has 64 valence electrons. The monoisotopic (exact) mass is 161 g/mol. The van der Waals surface area contributed by atoms with E-state index in [0.29, 0.717) is 0 Å². The predicted octanol–water partition coefficient (Wildman–Crippen LogP) is 2.74. The molecule has 0 aliphatic rings. The van der Waals surface area contributed by atoms with Gasteiger partial charge in [-0.1, -0.05) is 23.8 Å². The van der Waals surface area contributed by atoms with Crippen LogP contribution < -0.4 is 0 Å². The molecule has 0 aliphatic carbocycles. The van der Waals surface area contributed by atoms with Crippen molar-refractivity contribution in [2.45, 2.75) is 20.8 Å². The van der Waals surface area contributed by atoms with E-state index in [1.165, 1.54) is 16.7 Å². The zero-order chi connectivity index (χ0) is 9.14. The largest absolute Gasteiger partial charge is 0.293 e. The number of aryl methyl sites for hydroxylation is 2. The first-order valence-corrected chi connectivity index (χ1v) is 4.16. The zero-order valence-electron chi connectivity index (χ0n) is 8.18. The molecule has 0 unspecified atom stereocenters. The lowest BCUT2D eigenvalue weighted by molar-refractivity contribution is 1.34. The van der Waals surface area contributed by atoms with Crippen molar-refractivity contribution in [1.29, 1.82) is 0 Å². The smallest absolute Gasteiger partial charge is 0.0388 e. The Morgan fingerprint density at radius 2 is 1.92 bits per heavy atom. The SMILES string of the molecule is C/N=C(/C)c1ccc(C)cc1C. The molecule has 0 radical (unpaired) electrons. The normalized spacial score (nSPS) is 11.8. The van der Waals surface area contributed by atoms with Crippen molar-refractivity contribution in [3.63, 3.8) is 0 Å². The van der Waals surface area contributed by atoms with Crippen LogP contribution in [-0.2, 0) is 0 Å². The molecule has 1 nitrogen and oxygen atoms in total. The molecular formula is C11H15N. The van der Waals surface area contributed by atoms with Gasteiger partial charge in [-0.2, -0.15) is 0 Å². The van der Waals surface area contributed by atoms with E-state index in [-0.39, 0.29) is 0 Å². The highest BCUT2D eigenvalue weighted by Gasteiger charge is 1.99. The van der Waals surface area contributed by atoms with E-state index in [1.807, 2.05) is 14.0 Å². The van der Waals surface area contributed by atoms with Gasteiger partial charge in [0.1, 0.15) is 0 Å². The van der Waals surface area contributed by atoms with E-state index in [9.17, 15) is 0 Å². The minimum absolute atomic E-state index is 1.10. The standard InChI is InChI=1S/C11H15N/c1-8-5-6-11(9(2)7-8)10(3)12-4/h5-7H,1-4H3/b12-10-. The average molecular weight is 161 g/mol. The number of aliphatic imine (C=N–C) groups is 1. The topological polar surface area (TPSA) is 12.4 Å². The molecule has 0 fully saturated rings. The number of benzene rings is 1. The fourth-order valence-corrected chi connectivity index (χ4v) is 1.34. The van der Waals surface area contributed by atoms with Crippen molar-refractivity contribution >= 4 is 5.71 Å². The zero-order valence-corrected chi connectivity index (χ0v) is 8.18. The van der Waals surface area contributed by atoms with E-state index in [0.717, 1.165) is 5.71 Å². The van der Waals surface area contributed by atoms with Crippen LogP contribution in [-0.4, -0.2) is 12.8 Å². The molecule has 1 aromatic carbocycles. The Hall–Kier alpha value is -1.11. The third-order valence-electron chi connectivity index (χ3n) is 2.11. The molecule has 0 saturated heterocycles. The van der Waals surface area contributed by atoms with Gasteiger partial charge in [-0.25, -0.2) is 0 Å². The fourth-order valence-electron chi connectivity index (χ4n) is 1.34. The Morgan fingerprint density at radius 3 is 2.42 bits per heavy atom. The summed E-state index contributed by atoms with van der Waals surface area (Å²) in [7, 11) is 1.83. The van der Waals surface area contributed by atoms with Crippen LogP contribution in [0.25, 0.3) is 0 Å². The number of hydrogen-bond acceptors (Lipinski definition) is 1. The van der Waals surface area contributed by atoms with Gasteiger partial charge in [-0.3, -0.25) is 4.99 Å². The summed E-state index contributed by atoms with van der Waals surface area (Å²) in [5.74, 6) is 0. The summed E-state index contributed by atoms with van der Waals surface area (Å²) in [4.78, 5) is 4.17. The minimum Gasteiger partial charge on any atom is -0.293 e. The van der Waals surface area contributed by atoms with Crippen molar-refractivity contribution in [2.24, 2.45) is 4.99 Å². The summed E-state index contributed by atoms with van der Waals surface area (Å²) < 4.78 is 0. The van der Waals surface area contributed by atoms with E-state index in [1.54, 1.807) is 0 Å². The fraction of sp³-hybridized carbons (Fsp3) is 0.364. The summed E-state index contributed by atoms with van der Waals surface area (Å²) in [6.45, 7) is 6.27. The highest BCUT2D eigenvalue weighted by Crippen LogP contribution is 2.11. The average Bonchev–Trinajstić information content (AvgIpc) is 2.03. The maximum Gasteiger partial charge on any atom is 0.0388 e. The Kier molecular flexibility index (Phi) is 2.64. The van der Waals surface area contributed by atoms with Crippen LogP contribution in [0.3, 0.4) is 0 Å². The highest BCUT2D eigenvalue weighted by atomic mass is 14.7. The molecule has 0 aromatic heterocycles. The molecule has 0 aliphatic heterocycles. The van der Waals surface area contributed by atoms with Gasteiger partial charge in [-0.05, 0) is 31.9 Å². The van der Waals surface area contributed by atoms with Crippen LogP contribution in [0.5, 0.6) is 0 Å². The second-order valence-electron chi connectivity index (χ2n) is 3.13. The minimum atomic E-state index is 1.10. The van der Waals surface area contributed by atoms with Crippen molar-refractivity contribution in [3.05, 3.63) is 34.9 Å². The van der Waals surface area contributed by atoms with Crippen molar-refractivity contribution in [3.8, 4) is 0 Å². The molecule has 12 heavy (non-hydrogen) atoms. The Balaban J connectivity index is 3.18. The van der Waals surface area contributed by atoms with Crippen molar-refractivity contribution in [2.75, 3.05) is 7.05 Å². The Bertz CT molecular complexity index is 311.